The first kappa shape index (κ1) is 12.5. The third-order valence-corrected chi connectivity index (χ3v) is 2.78. The minimum Gasteiger partial charge on any atom is -0.310 e. The van der Waals surface area contributed by atoms with Gasteiger partial charge in [-0.1, -0.05) is 44.0 Å². The smallest absolute Gasteiger partial charge is 0.142 e. The maximum Gasteiger partial charge on any atom is 0.142 e. The van der Waals surface area contributed by atoms with Crippen LogP contribution in [0.25, 0.3) is 0 Å². The second-order valence-electron chi connectivity index (χ2n) is 3.54. The van der Waals surface area contributed by atoms with Gasteiger partial charge in [0.1, 0.15) is 5.82 Å². The molecule has 0 fully saturated rings. The van der Waals surface area contributed by atoms with E-state index in [-0.39, 0.29) is 16.9 Å². The van der Waals surface area contributed by atoms with Gasteiger partial charge in [0.25, 0.3) is 0 Å². The van der Waals surface area contributed by atoms with E-state index in [0.717, 1.165) is 24.9 Å². The van der Waals surface area contributed by atoms with Crippen LogP contribution in [-0.2, 0) is 0 Å². The van der Waals surface area contributed by atoms with Crippen LogP contribution >= 0.6 is 11.6 Å². The van der Waals surface area contributed by atoms with Crippen LogP contribution in [0.4, 0.5) is 4.39 Å². The van der Waals surface area contributed by atoms with Crippen molar-refractivity contribution in [1.29, 1.82) is 0 Å². The highest BCUT2D eigenvalue weighted by atomic mass is 35.5. The summed E-state index contributed by atoms with van der Waals surface area (Å²) in [6.07, 6.45) is 2.02. The number of benzene rings is 1. The minimum absolute atomic E-state index is 0.156. The van der Waals surface area contributed by atoms with Crippen molar-refractivity contribution in [2.24, 2.45) is 0 Å². The van der Waals surface area contributed by atoms with E-state index < -0.39 is 0 Å². The van der Waals surface area contributed by atoms with E-state index in [4.69, 9.17) is 11.6 Å². The van der Waals surface area contributed by atoms with Gasteiger partial charge >= 0.3 is 0 Å². The van der Waals surface area contributed by atoms with Crippen molar-refractivity contribution in [3.8, 4) is 0 Å². The monoisotopic (exact) mass is 229 g/mol. The summed E-state index contributed by atoms with van der Waals surface area (Å²) in [5.41, 5.74) is 0.861. The van der Waals surface area contributed by atoms with Crippen LogP contribution in [0.3, 0.4) is 0 Å². The highest BCUT2D eigenvalue weighted by molar-refractivity contribution is 6.31. The topological polar surface area (TPSA) is 12.0 Å². The van der Waals surface area contributed by atoms with Gasteiger partial charge in [0.2, 0.25) is 0 Å². The SMILES string of the molecule is CCCC(NCC)c1cccc(F)c1Cl. The Bertz CT molecular complexity index is 308. The lowest BCUT2D eigenvalue weighted by atomic mass is 10.0. The van der Waals surface area contributed by atoms with E-state index in [2.05, 4.69) is 12.2 Å². The molecule has 1 N–H and O–H groups in total. The van der Waals surface area contributed by atoms with E-state index in [1.54, 1.807) is 6.07 Å². The zero-order valence-corrected chi connectivity index (χ0v) is 9.94. The molecule has 1 rings (SSSR count). The molecule has 3 heteroatoms. The van der Waals surface area contributed by atoms with E-state index in [1.807, 2.05) is 13.0 Å². The average Bonchev–Trinajstić information content (AvgIpc) is 2.22. The Kier molecular flexibility index (Phi) is 5.06. The lowest BCUT2D eigenvalue weighted by molar-refractivity contribution is 0.505. The second-order valence-corrected chi connectivity index (χ2v) is 3.92. The molecule has 0 saturated carbocycles. The molecule has 0 heterocycles. The van der Waals surface area contributed by atoms with E-state index in [9.17, 15) is 4.39 Å². The fourth-order valence-corrected chi connectivity index (χ4v) is 1.95. The summed E-state index contributed by atoms with van der Waals surface area (Å²) in [5, 5.41) is 3.56. The van der Waals surface area contributed by atoms with Gasteiger partial charge in [-0.15, -0.1) is 0 Å². The third-order valence-electron chi connectivity index (χ3n) is 2.38. The van der Waals surface area contributed by atoms with Gasteiger partial charge in [0.05, 0.1) is 5.02 Å². The number of halogens is 2. The molecule has 15 heavy (non-hydrogen) atoms. The van der Waals surface area contributed by atoms with Crippen LogP contribution in [0.1, 0.15) is 38.3 Å². The molecule has 0 saturated heterocycles. The average molecular weight is 230 g/mol. The second kappa shape index (κ2) is 6.09. The summed E-state index contributed by atoms with van der Waals surface area (Å²) in [5.74, 6) is -0.340. The molecular weight excluding hydrogens is 213 g/mol. The molecule has 1 aromatic carbocycles. The molecule has 1 atom stereocenters. The van der Waals surface area contributed by atoms with Crippen molar-refractivity contribution in [2.75, 3.05) is 6.54 Å². The molecule has 84 valence electrons. The van der Waals surface area contributed by atoms with Gasteiger partial charge in [-0.05, 0) is 24.6 Å². The Hall–Kier alpha value is -0.600. The van der Waals surface area contributed by atoms with E-state index >= 15 is 0 Å². The summed E-state index contributed by atoms with van der Waals surface area (Å²) in [6.45, 7) is 5.00. The molecule has 1 unspecified atom stereocenters. The van der Waals surface area contributed by atoms with Crippen molar-refractivity contribution in [3.63, 3.8) is 0 Å². The van der Waals surface area contributed by atoms with Crippen molar-refractivity contribution < 1.29 is 4.39 Å². The van der Waals surface area contributed by atoms with Crippen molar-refractivity contribution in [3.05, 3.63) is 34.6 Å². The predicted molar refractivity (Wildman–Crippen MR) is 62.7 cm³/mol. The van der Waals surface area contributed by atoms with Crippen LogP contribution in [0, 0.1) is 5.82 Å². The Morgan fingerprint density at radius 2 is 2.13 bits per heavy atom. The van der Waals surface area contributed by atoms with Crippen LogP contribution in [0.5, 0.6) is 0 Å². The highest BCUT2D eigenvalue weighted by Crippen LogP contribution is 2.28. The lowest BCUT2D eigenvalue weighted by Gasteiger charge is -2.18. The maximum atomic E-state index is 13.3. The molecule has 0 aliphatic rings. The molecule has 0 spiro atoms. The zero-order chi connectivity index (χ0) is 11.3. The number of hydrogen-bond donors (Lipinski definition) is 1. The normalized spacial score (nSPS) is 12.8. The molecule has 0 aliphatic carbocycles. The Labute approximate surface area is 95.6 Å². The van der Waals surface area contributed by atoms with E-state index in [1.165, 1.54) is 6.07 Å². The van der Waals surface area contributed by atoms with Crippen LogP contribution in [0.15, 0.2) is 18.2 Å². The summed E-state index contributed by atoms with van der Waals surface area (Å²) >= 11 is 5.94. The third kappa shape index (κ3) is 3.18. The molecule has 0 aliphatic heterocycles. The van der Waals surface area contributed by atoms with Crippen LogP contribution < -0.4 is 5.32 Å². The quantitative estimate of drug-likeness (QED) is 0.807. The largest absolute Gasteiger partial charge is 0.310 e. The first-order valence-electron chi connectivity index (χ1n) is 5.38. The predicted octanol–water partition coefficient (Wildman–Crippen LogP) is 3.93. The van der Waals surface area contributed by atoms with Gasteiger partial charge < -0.3 is 5.32 Å². The minimum atomic E-state index is -0.340. The molecule has 0 amide bonds. The van der Waals surface area contributed by atoms with Gasteiger partial charge in [0.15, 0.2) is 0 Å². The van der Waals surface area contributed by atoms with Crippen LogP contribution in [-0.4, -0.2) is 6.54 Å². The lowest BCUT2D eigenvalue weighted by Crippen LogP contribution is -2.21. The standard InChI is InChI=1S/C12H17ClFN/c1-3-6-11(15-4-2)9-7-5-8-10(14)12(9)13/h5,7-8,11,15H,3-4,6H2,1-2H3. The molecular formula is C12H17ClFN. The number of nitrogens with one attached hydrogen (secondary N) is 1. The fraction of sp³-hybridized carbons (Fsp3) is 0.500. The summed E-state index contributed by atoms with van der Waals surface area (Å²) in [4.78, 5) is 0. The molecule has 1 aromatic rings. The van der Waals surface area contributed by atoms with Crippen LogP contribution in [0.2, 0.25) is 5.02 Å². The number of hydrogen-bond acceptors (Lipinski definition) is 1. The number of rotatable bonds is 5. The Morgan fingerprint density at radius 1 is 1.40 bits per heavy atom. The molecule has 1 nitrogen and oxygen atoms in total. The van der Waals surface area contributed by atoms with Crippen molar-refractivity contribution >= 4 is 11.6 Å². The summed E-state index contributed by atoms with van der Waals surface area (Å²) in [7, 11) is 0. The maximum absolute atomic E-state index is 13.3. The van der Waals surface area contributed by atoms with Crippen molar-refractivity contribution in [1.82, 2.24) is 5.32 Å². The summed E-state index contributed by atoms with van der Waals surface area (Å²) < 4.78 is 13.3. The molecule has 0 aromatic heterocycles. The van der Waals surface area contributed by atoms with Gasteiger partial charge in [0, 0.05) is 6.04 Å². The first-order valence-corrected chi connectivity index (χ1v) is 5.75. The fourth-order valence-electron chi connectivity index (χ4n) is 1.69. The van der Waals surface area contributed by atoms with Gasteiger partial charge in [-0.2, -0.15) is 0 Å². The van der Waals surface area contributed by atoms with Gasteiger partial charge in [-0.25, -0.2) is 4.39 Å². The Balaban J connectivity index is 2.94. The highest BCUT2D eigenvalue weighted by Gasteiger charge is 2.14. The van der Waals surface area contributed by atoms with Gasteiger partial charge in [-0.3, -0.25) is 0 Å². The van der Waals surface area contributed by atoms with Crippen molar-refractivity contribution in [2.45, 2.75) is 32.7 Å². The summed E-state index contributed by atoms with van der Waals surface area (Å²) in [6, 6.07) is 5.13. The Morgan fingerprint density at radius 3 is 2.73 bits per heavy atom. The van der Waals surface area contributed by atoms with E-state index in [0.29, 0.717) is 0 Å². The first-order chi connectivity index (χ1) is 7.20. The zero-order valence-electron chi connectivity index (χ0n) is 9.19. The molecule has 0 radical (unpaired) electrons. The molecule has 0 bridgehead atoms.